The van der Waals surface area contributed by atoms with E-state index in [2.05, 4.69) is 38.4 Å². The maximum atomic E-state index is 4.06. The van der Waals surface area contributed by atoms with E-state index in [0.717, 1.165) is 16.7 Å². The second-order valence-corrected chi connectivity index (χ2v) is 4.19. The summed E-state index contributed by atoms with van der Waals surface area (Å²) in [5.74, 6) is 0. The molecule has 15 heavy (non-hydrogen) atoms. The van der Waals surface area contributed by atoms with E-state index in [1.54, 1.807) is 12.5 Å². The number of rotatable bonds is 3. The molecule has 3 nitrogen and oxygen atoms in total. The summed E-state index contributed by atoms with van der Waals surface area (Å²) < 4.78 is 3.09. The standard InChI is InChI=1S/C11H12BrN3/c1-13-7-9-2-3-10(12)6-11(9)15-5-4-14-8-15/h2-6,8,13H,7H2,1H3. The smallest absolute Gasteiger partial charge is 0.0991 e. The van der Waals surface area contributed by atoms with Crippen LogP contribution < -0.4 is 5.32 Å². The predicted octanol–water partition coefficient (Wildman–Crippen LogP) is 2.35. The van der Waals surface area contributed by atoms with Crippen LogP contribution in [0.5, 0.6) is 0 Å². The molecule has 4 heteroatoms. The predicted molar refractivity (Wildman–Crippen MR) is 64.0 cm³/mol. The molecule has 0 fully saturated rings. The van der Waals surface area contributed by atoms with Gasteiger partial charge in [-0.05, 0) is 24.7 Å². The van der Waals surface area contributed by atoms with Crippen LogP contribution in [0.1, 0.15) is 5.56 Å². The molecule has 0 saturated heterocycles. The summed E-state index contributed by atoms with van der Waals surface area (Å²) in [6.07, 6.45) is 5.53. The van der Waals surface area contributed by atoms with Crippen LogP contribution in [0, 0.1) is 0 Å². The van der Waals surface area contributed by atoms with Crippen molar-refractivity contribution in [2.75, 3.05) is 7.05 Å². The average Bonchev–Trinajstić information content (AvgIpc) is 2.74. The zero-order valence-corrected chi connectivity index (χ0v) is 10.0. The van der Waals surface area contributed by atoms with Crippen molar-refractivity contribution < 1.29 is 0 Å². The third kappa shape index (κ3) is 2.27. The monoisotopic (exact) mass is 265 g/mol. The summed E-state index contributed by atoms with van der Waals surface area (Å²) in [7, 11) is 1.94. The van der Waals surface area contributed by atoms with E-state index in [1.165, 1.54) is 5.56 Å². The van der Waals surface area contributed by atoms with Crippen molar-refractivity contribution in [1.29, 1.82) is 0 Å². The van der Waals surface area contributed by atoms with Crippen LogP contribution in [0.25, 0.3) is 5.69 Å². The first-order valence-electron chi connectivity index (χ1n) is 4.72. The van der Waals surface area contributed by atoms with Gasteiger partial charge in [-0.2, -0.15) is 0 Å². The van der Waals surface area contributed by atoms with Crippen molar-refractivity contribution in [2.24, 2.45) is 0 Å². The van der Waals surface area contributed by atoms with Crippen LogP contribution in [0.15, 0.2) is 41.4 Å². The van der Waals surface area contributed by atoms with Gasteiger partial charge in [0.15, 0.2) is 0 Å². The van der Waals surface area contributed by atoms with Gasteiger partial charge in [0, 0.05) is 23.4 Å². The Balaban J connectivity index is 2.47. The molecule has 0 atom stereocenters. The first-order chi connectivity index (χ1) is 7.31. The van der Waals surface area contributed by atoms with Gasteiger partial charge < -0.3 is 9.88 Å². The van der Waals surface area contributed by atoms with Gasteiger partial charge in [0.25, 0.3) is 0 Å². The van der Waals surface area contributed by atoms with Crippen LogP contribution >= 0.6 is 15.9 Å². The number of aromatic nitrogens is 2. The number of hydrogen-bond acceptors (Lipinski definition) is 2. The minimum Gasteiger partial charge on any atom is -0.316 e. The van der Waals surface area contributed by atoms with Crippen LogP contribution in [-0.4, -0.2) is 16.6 Å². The van der Waals surface area contributed by atoms with Crippen LogP contribution in [0.4, 0.5) is 0 Å². The number of nitrogens with zero attached hydrogens (tertiary/aromatic N) is 2. The molecule has 2 aromatic rings. The van der Waals surface area contributed by atoms with E-state index in [-0.39, 0.29) is 0 Å². The Morgan fingerprint density at radius 3 is 3.00 bits per heavy atom. The minimum absolute atomic E-state index is 0.848. The maximum absolute atomic E-state index is 4.06. The van der Waals surface area contributed by atoms with Crippen LogP contribution in [-0.2, 0) is 6.54 Å². The summed E-state index contributed by atoms with van der Waals surface area (Å²) in [5, 5.41) is 3.16. The molecule has 0 amide bonds. The van der Waals surface area contributed by atoms with E-state index in [1.807, 2.05) is 23.9 Å². The van der Waals surface area contributed by atoms with Gasteiger partial charge in [-0.15, -0.1) is 0 Å². The molecule has 1 heterocycles. The molecule has 0 bridgehead atoms. The van der Waals surface area contributed by atoms with E-state index < -0.39 is 0 Å². The first-order valence-corrected chi connectivity index (χ1v) is 5.52. The number of benzene rings is 1. The Labute approximate surface area is 97.3 Å². The molecule has 78 valence electrons. The van der Waals surface area contributed by atoms with E-state index in [0.29, 0.717) is 0 Å². The second kappa shape index (κ2) is 4.59. The highest BCUT2D eigenvalue weighted by atomic mass is 79.9. The zero-order valence-electron chi connectivity index (χ0n) is 8.44. The lowest BCUT2D eigenvalue weighted by molar-refractivity contribution is 0.807. The van der Waals surface area contributed by atoms with E-state index in [9.17, 15) is 0 Å². The van der Waals surface area contributed by atoms with Crippen molar-refractivity contribution in [2.45, 2.75) is 6.54 Å². The lowest BCUT2D eigenvalue weighted by Crippen LogP contribution is -2.08. The third-order valence-corrected chi connectivity index (χ3v) is 2.69. The fourth-order valence-corrected chi connectivity index (χ4v) is 1.87. The Morgan fingerprint density at radius 2 is 2.33 bits per heavy atom. The van der Waals surface area contributed by atoms with E-state index >= 15 is 0 Å². The average molecular weight is 266 g/mol. The molecular formula is C11H12BrN3. The van der Waals surface area contributed by atoms with Crippen molar-refractivity contribution in [1.82, 2.24) is 14.9 Å². The fraction of sp³-hybridized carbons (Fsp3) is 0.182. The SMILES string of the molecule is CNCc1ccc(Br)cc1-n1ccnc1. The molecule has 1 N–H and O–H groups in total. The van der Waals surface area contributed by atoms with Crippen molar-refractivity contribution >= 4 is 15.9 Å². The van der Waals surface area contributed by atoms with Crippen molar-refractivity contribution in [3.63, 3.8) is 0 Å². The van der Waals surface area contributed by atoms with Crippen molar-refractivity contribution in [3.05, 3.63) is 47.0 Å². The number of halogens is 1. The molecule has 0 unspecified atom stereocenters. The molecule has 2 rings (SSSR count). The van der Waals surface area contributed by atoms with E-state index in [4.69, 9.17) is 0 Å². The molecule has 0 aliphatic carbocycles. The lowest BCUT2D eigenvalue weighted by atomic mass is 10.2. The lowest BCUT2D eigenvalue weighted by Gasteiger charge is -2.10. The third-order valence-electron chi connectivity index (χ3n) is 2.20. The normalized spacial score (nSPS) is 10.5. The highest BCUT2D eigenvalue weighted by Crippen LogP contribution is 2.20. The molecule has 1 aromatic heterocycles. The Bertz CT molecular complexity index is 437. The number of hydrogen-bond donors (Lipinski definition) is 1. The van der Waals surface area contributed by atoms with Gasteiger partial charge in [0.2, 0.25) is 0 Å². The fourth-order valence-electron chi connectivity index (χ4n) is 1.52. The molecular weight excluding hydrogens is 254 g/mol. The first kappa shape index (κ1) is 10.4. The summed E-state index contributed by atoms with van der Waals surface area (Å²) in [5.41, 5.74) is 2.40. The molecule has 1 aromatic carbocycles. The summed E-state index contributed by atoms with van der Waals surface area (Å²) in [4.78, 5) is 4.06. The topological polar surface area (TPSA) is 29.9 Å². The quantitative estimate of drug-likeness (QED) is 0.924. The second-order valence-electron chi connectivity index (χ2n) is 3.27. The van der Waals surface area contributed by atoms with Gasteiger partial charge in [0.05, 0.1) is 12.0 Å². The summed E-state index contributed by atoms with van der Waals surface area (Å²) >= 11 is 3.48. The Hall–Kier alpha value is -1.13. The zero-order chi connectivity index (χ0) is 10.7. The highest BCUT2D eigenvalue weighted by molar-refractivity contribution is 9.10. The maximum Gasteiger partial charge on any atom is 0.0991 e. The molecule has 0 aliphatic rings. The summed E-state index contributed by atoms with van der Waals surface area (Å²) in [6, 6.07) is 6.25. The van der Waals surface area contributed by atoms with Gasteiger partial charge >= 0.3 is 0 Å². The Morgan fingerprint density at radius 1 is 1.47 bits per heavy atom. The minimum atomic E-state index is 0.848. The number of nitrogens with one attached hydrogen (secondary N) is 1. The largest absolute Gasteiger partial charge is 0.316 e. The van der Waals surface area contributed by atoms with Gasteiger partial charge in [-0.25, -0.2) is 4.98 Å². The summed E-state index contributed by atoms with van der Waals surface area (Å²) in [6.45, 7) is 0.848. The highest BCUT2D eigenvalue weighted by Gasteiger charge is 2.03. The number of imidazole rings is 1. The molecule has 0 aliphatic heterocycles. The van der Waals surface area contributed by atoms with Gasteiger partial charge in [-0.3, -0.25) is 0 Å². The van der Waals surface area contributed by atoms with Crippen LogP contribution in [0.2, 0.25) is 0 Å². The Kier molecular flexibility index (Phi) is 3.18. The van der Waals surface area contributed by atoms with Crippen LogP contribution in [0.3, 0.4) is 0 Å². The van der Waals surface area contributed by atoms with Gasteiger partial charge in [-0.1, -0.05) is 22.0 Å². The molecule has 0 spiro atoms. The molecule has 0 radical (unpaired) electrons. The van der Waals surface area contributed by atoms with Crippen molar-refractivity contribution in [3.8, 4) is 5.69 Å². The molecule has 0 saturated carbocycles. The van der Waals surface area contributed by atoms with Gasteiger partial charge in [0.1, 0.15) is 0 Å².